The van der Waals surface area contributed by atoms with Gasteiger partial charge >= 0.3 is 6.03 Å². The van der Waals surface area contributed by atoms with Crippen molar-refractivity contribution in [3.05, 3.63) is 11.8 Å². The SMILES string of the molecule is Cc1cc(NC(=O)N2CCN([C@@H]3CCS(=O)(=O)C3)CC2)no1. The summed E-state index contributed by atoms with van der Waals surface area (Å²) < 4.78 is 28.0. The van der Waals surface area contributed by atoms with Crippen molar-refractivity contribution in [3.8, 4) is 0 Å². The largest absolute Gasteiger partial charge is 0.360 e. The number of aryl methyl sites for hydroxylation is 1. The summed E-state index contributed by atoms with van der Waals surface area (Å²) in [4.78, 5) is 16.0. The highest BCUT2D eigenvalue weighted by Gasteiger charge is 2.34. The van der Waals surface area contributed by atoms with Crippen molar-refractivity contribution in [3.63, 3.8) is 0 Å². The minimum absolute atomic E-state index is 0.105. The molecule has 2 aliphatic heterocycles. The zero-order valence-corrected chi connectivity index (χ0v) is 13.3. The Bertz CT molecular complexity index is 649. The van der Waals surface area contributed by atoms with Crippen molar-refractivity contribution in [1.29, 1.82) is 0 Å². The maximum Gasteiger partial charge on any atom is 0.323 e. The number of urea groups is 1. The average molecular weight is 328 g/mol. The van der Waals surface area contributed by atoms with Crippen LogP contribution < -0.4 is 5.32 Å². The molecule has 0 aromatic carbocycles. The van der Waals surface area contributed by atoms with Gasteiger partial charge < -0.3 is 9.42 Å². The number of amides is 2. The van der Waals surface area contributed by atoms with Gasteiger partial charge in [-0.2, -0.15) is 0 Å². The zero-order valence-electron chi connectivity index (χ0n) is 12.5. The third-order valence-electron chi connectivity index (χ3n) is 4.19. The van der Waals surface area contributed by atoms with Gasteiger partial charge in [-0.15, -0.1) is 0 Å². The van der Waals surface area contributed by atoms with E-state index >= 15 is 0 Å². The number of piperazine rings is 1. The second-order valence-corrected chi connectivity index (χ2v) is 8.06. The molecule has 3 rings (SSSR count). The van der Waals surface area contributed by atoms with Crippen LogP contribution in [0.4, 0.5) is 10.6 Å². The number of hydrogen-bond acceptors (Lipinski definition) is 6. The number of hydrogen-bond donors (Lipinski definition) is 1. The third-order valence-corrected chi connectivity index (χ3v) is 5.94. The Morgan fingerprint density at radius 1 is 1.36 bits per heavy atom. The second kappa shape index (κ2) is 5.88. The van der Waals surface area contributed by atoms with Crippen molar-refractivity contribution in [2.45, 2.75) is 19.4 Å². The number of rotatable bonds is 2. The first kappa shape index (κ1) is 15.3. The van der Waals surface area contributed by atoms with Crippen LogP contribution in [-0.2, 0) is 9.84 Å². The fourth-order valence-electron chi connectivity index (χ4n) is 2.97. The Hall–Kier alpha value is -1.61. The summed E-state index contributed by atoms with van der Waals surface area (Å²) in [5, 5.41) is 6.43. The molecule has 0 spiro atoms. The standard InChI is InChI=1S/C13H20N4O4S/c1-10-8-12(15-21-10)14-13(18)17-5-3-16(4-6-17)11-2-7-22(19,20)9-11/h8,11H,2-7,9H2,1H3,(H,14,15,18)/t11-/m1/s1. The summed E-state index contributed by atoms with van der Waals surface area (Å²) in [5.41, 5.74) is 0. The molecule has 1 atom stereocenters. The molecular weight excluding hydrogens is 308 g/mol. The lowest BCUT2D eigenvalue weighted by atomic mass is 10.2. The molecule has 8 nitrogen and oxygen atoms in total. The molecule has 2 aliphatic rings. The van der Waals surface area contributed by atoms with E-state index in [9.17, 15) is 13.2 Å². The van der Waals surface area contributed by atoms with Crippen LogP contribution in [0.3, 0.4) is 0 Å². The molecule has 122 valence electrons. The van der Waals surface area contributed by atoms with E-state index in [1.54, 1.807) is 17.9 Å². The molecule has 1 aromatic heterocycles. The molecule has 0 aliphatic carbocycles. The van der Waals surface area contributed by atoms with Gasteiger partial charge in [-0.1, -0.05) is 5.16 Å². The maximum absolute atomic E-state index is 12.1. The lowest BCUT2D eigenvalue weighted by Crippen LogP contribution is -2.53. The molecule has 1 N–H and O–H groups in total. The van der Waals surface area contributed by atoms with E-state index in [1.807, 2.05) is 0 Å². The predicted octanol–water partition coefficient (Wildman–Crippen LogP) is 0.320. The van der Waals surface area contributed by atoms with Crippen molar-refractivity contribution in [2.75, 3.05) is 43.0 Å². The molecule has 3 heterocycles. The lowest BCUT2D eigenvalue weighted by molar-refractivity contribution is 0.121. The number of carbonyl (C=O) groups is 1. The average Bonchev–Trinajstić information content (AvgIpc) is 3.04. The molecule has 2 amide bonds. The quantitative estimate of drug-likeness (QED) is 0.840. The Labute approximate surface area is 129 Å². The molecule has 9 heteroatoms. The number of aromatic nitrogens is 1. The van der Waals surface area contributed by atoms with Crippen LogP contribution in [0.5, 0.6) is 0 Å². The number of nitrogens with zero attached hydrogens (tertiary/aromatic N) is 3. The first-order valence-electron chi connectivity index (χ1n) is 7.37. The van der Waals surface area contributed by atoms with Gasteiger partial charge in [-0.25, -0.2) is 13.2 Å². The molecule has 0 bridgehead atoms. The van der Waals surface area contributed by atoms with Crippen molar-refractivity contribution in [2.24, 2.45) is 0 Å². The lowest BCUT2D eigenvalue weighted by Gasteiger charge is -2.37. The predicted molar refractivity (Wildman–Crippen MR) is 80.5 cm³/mol. The molecule has 0 radical (unpaired) electrons. The fraction of sp³-hybridized carbons (Fsp3) is 0.692. The molecule has 2 saturated heterocycles. The minimum Gasteiger partial charge on any atom is -0.360 e. The van der Waals surface area contributed by atoms with Gasteiger partial charge in [0.2, 0.25) is 0 Å². The van der Waals surface area contributed by atoms with E-state index in [1.165, 1.54) is 0 Å². The molecule has 0 unspecified atom stereocenters. The number of nitrogens with one attached hydrogen (secondary N) is 1. The van der Waals surface area contributed by atoms with Gasteiger partial charge in [0.15, 0.2) is 15.7 Å². The van der Waals surface area contributed by atoms with Gasteiger partial charge in [0, 0.05) is 38.3 Å². The first-order chi connectivity index (χ1) is 10.4. The molecule has 22 heavy (non-hydrogen) atoms. The third kappa shape index (κ3) is 3.41. The zero-order chi connectivity index (χ0) is 15.7. The fourth-order valence-corrected chi connectivity index (χ4v) is 4.73. The maximum atomic E-state index is 12.1. The monoisotopic (exact) mass is 328 g/mol. The highest BCUT2D eigenvalue weighted by atomic mass is 32.2. The topological polar surface area (TPSA) is 95.8 Å². The summed E-state index contributed by atoms with van der Waals surface area (Å²) in [6.07, 6.45) is 0.701. The van der Waals surface area contributed by atoms with Crippen molar-refractivity contribution >= 4 is 21.7 Å². The number of sulfone groups is 1. The van der Waals surface area contributed by atoms with Crippen LogP contribution >= 0.6 is 0 Å². The Morgan fingerprint density at radius 3 is 2.64 bits per heavy atom. The highest BCUT2D eigenvalue weighted by molar-refractivity contribution is 7.91. The normalized spacial score (nSPS) is 25.3. The molecule has 1 aromatic rings. The summed E-state index contributed by atoms with van der Waals surface area (Å²) >= 11 is 0. The van der Waals surface area contributed by atoms with E-state index in [-0.39, 0.29) is 23.6 Å². The summed E-state index contributed by atoms with van der Waals surface area (Å²) in [6.45, 7) is 4.33. The van der Waals surface area contributed by atoms with E-state index in [2.05, 4.69) is 15.4 Å². The van der Waals surface area contributed by atoms with Gasteiger partial charge in [-0.05, 0) is 13.3 Å². The van der Waals surface area contributed by atoms with Crippen LogP contribution in [0.15, 0.2) is 10.6 Å². The summed E-state index contributed by atoms with van der Waals surface area (Å²) in [6, 6.07) is 1.57. The van der Waals surface area contributed by atoms with Crippen molar-refractivity contribution < 1.29 is 17.7 Å². The van der Waals surface area contributed by atoms with Crippen LogP contribution in [0.2, 0.25) is 0 Å². The van der Waals surface area contributed by atoms with Gasteiger partial charge in [-0.3, -0.25) is 10.2 Å². The van der Waals surface area contributed by atoms with Crippen LogP contribution in [0.25, 0.3) is 0 Å². The highest BCUT2D eigenvalue weighted by Crippen LogP contribution is 2.19. The first-order valence-corrected chi connectivity index (χ1v) is 9.19. The van der Waals surface area contributed by atoms with Gasteiger partial charge in [0.05, 0.1) is 11.5 Å². The Kier molecular flexibility index (Phi) is 4.09. The Morgan fingerprint density at radius 2 is 2.09 bits per heavy atom. The number of anilines is 1. The molecule has 2 fully saturated rings. The van der Waals surface area contributed by atoms with Gasteiger partial charge in [0.1, 0.15) is 5.76 Å². The molecule has 0 saturated carbocycles. The van der Waals surface area contributed by atoms with E-state index in [0.29, 0.717) is 44.2 Å². The molecular formula is C13H20N4O4S. The van der Waals surface area contributed by atoms with E-state index < -0.39 is 9.84 Å². The Balaban J connectivity index is 1.50. The number of carbonyl (C=O) groups excluding carboxylic acids is 1. The second-order valence-electron chi connectivity index (χ2n) is 5.83. The summed E-state index contributed by atoms with van der Waals surface area (Å²) in [5.74, 6) is 1.58. The van der Waals surface area contributed by atoms with Crippen LogP contribution in [-0.4, -0.2) is 73.1 Å². The van der Waals surface area contributed by atoms with E-state index in [0.717, 1.165) is 0 Å². The van der Waals surface area contributed by atoms with Crippen LogP contribution in [0, 0.1) is 6.92 Å². The minimum atomic E-state index is -2.87. The summed E-state index contributed by atoms with van der Waals surface area (Å²) in [7, 11) is -2.87. The smallest absolute Gasteiger partial charge is 0.323 e. The van der Waals surface area contributed by atoms with Gasteiger partial charge in [0.25, 0.3) is 0 Å². The van der Waals surface area contributed by atoms with Crippen molar-refractivity contribution in [1.82, 2.24) is 15.0 Å². The van der Waals surface area contributed by atoms with E-state index in [4.69, 9.17) is 4.52 Å². The van der Waals surface area contributed by atoms with Crippen LogP contribution in [0.1, 0.15) is 12.2 Å².